The number of esters is 1. The fourth-order valence-corrected chi connectivity index (χ4v) is 3.56. The van der Waals surface area contributed by atoms with Crippen molar-refractivity contribution in [2.24, 2.45) is 5.92 Å². The monoisotopic (exact) mass is 389 g/mol. The van der Waals surface area contributed by atoms with Gasteiger partial charge in [-0.3, -0.25) is 9.59 Å². The molecule has 1 aliphatic heterocycles. The number of ether oxygens (including phenoxy) is 2. The van der Waals surface area contributed by atoms with Crippen LogP contribution in [0.25, 0.3) is 0 Å². The van der Waals surface area contributed by atoms with Gasteiger partial charge in [0.25, 0.3) is 5.91 Å². The summed E-state index contributed by atoms with van der Waals surface area (Å²) >= 11 is 1.16. The van der Waals surface area contributed by atoms with E-state index in [1.54, 1.807) is 30.0 Å². The van der Waals surface area contributed by atoms with E-state index in [9.17, 15) is 9.59 Å². The second-order valence-corrected chi connectivity index (χ2v) is 6.96. The van der Waals surface area contributed by atoms with E-state index in [4.69, 9.17) is 9.47 Å². The maximum absolute atomic E-state index is 12.8. The van der Waals surface area contributed by atoms with E-state index in [2.05, 4.69) is 8.75 Å². The number of carbonyl (C=O) groups is 2. The van der Waals surface area contributed by atoms with Gasteiger partial charge in [-0.25, -0.2) is 0 Å². The Labute approximate surface area is 162 Å². The fraction of sp³-hybridized carbons (Fsp3) is 0.474. The third kappa shape index (κ3) is 4.82. The molecule has 144 valence electrons. The number of aromatic nitrogens is 2. The number of hydrogen-bond donors (Lipinski definition) is 0. The Bertz CT molecular complexity index is 800. The maximum Gasteiger partial charge on any atom is 0.309 e. The van der Waals surface area contributed by atoms with Gasteiger partial charge in [0, 0.05) is 18.7 Å². The molecule has 1 aliphatic rings. The molecule has 0 aliphatic carbocycles. The highest BCUT2D eigenvalue weighted by molar-refractivity contribution is 6.99. The molecule has 8 heteroatoms. The Hall–Kier alpha value is -2.48. The third-order valence-electron chi connectivity index (χ3n) is 4.61. The molecule has 0 bridgehead atoms. The van der Waals surface area contributed by atoms with Crippen LogP contribution in [-0.4, -0.2) is 45.2 Å². The molecule has 2 aromatic rings. The van der Waals surface area contributed by atoms with Crippen LogP contribution in [-0.2, 0) is 16.1 Å². The Morgan fingerprint density at radius 3 is 2.70 bits per heavy atom. The number of carbonyl (C=O) groups excluding carboxylic acids is 2. The number of aryl methyl sites for hydroxylation is 1. The zero-order chi connectivity index (χ0) is 19.2. The molecule has 0 spiro atoms. The van der Waals surface area contributed by atoms with Gasteiger partial charge < -0.3 is 14.4 Å². The molecule has 3 rings (SSSR count). The molecule has 2 heterocycles. The summed E-state index contributed by atoms with van der Waals surface area (Å²) in [4.78, 5) is 26.4. The van der Waals surface area contributed by atoms with Crippen molar-refractivity contribution < 1.29 is 19.1 Å². The summed E-state index contributed by atoms with van der Waals surface area (Å²) < 4.78 is 19.1. The van der Waals surface area contributed by atoms with Gasteiger partial charge in [0.05, 0.1) is 29.9 Å². The van der Waals surface area contributed by atoms with Crippen molar-refractivity contribution in [3.05, 3.63) is 41.2 Å². The first-order valence-corrected chi connectivity index (χ1v) is 9.78. The number of benzene rings is 1. The van der Waals surface area contributed by atoms with Gasteiger partial charge in [-0.15, -0.1) is 0 Å². The smallest absolute Gasteiger partial charge is 0.309 e. The largest absolute Gasteiger partial charge is 0.487 e. The van der Waals surface area contributed by atoms with Crippen molar-refractivity contribution in [2.75, 3.05) is 19.7 Å². The van der Waals surface area contributed by atoms with Gasteiger partial charge in [-0.05, 0) is 44.9 Å². The van der Waals surface area contributed by atoms with Crippen LogP contribution in [0, 0.1) is 12.8 Å². The van der Waals surface area contributed by atoms with Crippen LogP contribution in [0.4, 0.5) is 0 Å². The number of amides is 1. The van der Waals surface area contributed by atoms with E-state index in [-0.39, 0.29) is 17.8 Å². The summed E-state index contributed by atoms with van der Waals surface area (Å²) in [6.07, 6.45) is 1.27. The Balaban J connectivity index is 1.57. The number of piperidine rings is 1. The van der Waals surface area contributed by atoms with E-state index in [0.717, 1.165) is 23.1 Å². The molecule has 0 atom stereocenters. The lowest BCUT2D eigenvalue weighted by Crippen LogP contribution is -2.40. The topological polar surface area (TPSA) is 81.6 Å². The van der Waals surface area contributed by atoms with Gasteiger partial charge in [0.15, 0.2) is 0 Å². The molecule has 7 nitrogen and oxygen atoms in total. The summed E-state index contributed by atoms with van der Waals surface area (Å²) in [6.45, 7) is 5.51. The predicted octanol–water partition coefficient (Wildman–Crippen LogP) is 2.84. The van der Waals surface area contributed by atoms with Crippen LogP contribution in [0.2, 0.25) is 0 Å². The number of nitrogens with zero attached hydrogens (tertiary/aromatic N) is 3. The number of rotatable bonds is 6. The summed E-state index contributed by atoms with van der Waals surface area (Å²) in [5.41, 5.74) is 2.24. The fourth-order valence-electron chi connectivity index (χ4n) is 3.01. The van der Waals surface area contributed by atoms with Crippen LogP contribution in [0.5, 0.6) is 5.75 Å². The molecule has 1 fully saturated rings. The second kappa shape index (κ2) is 8.94. The predicted molar refractivity (Wildman–Crippen MR) is 101 cm³/mol. The Kier molecular flexibility index (Phi) is 6.39. The molecule has 27 heavy (non-hydrogen) atoms. The molecule has 1 amide bonds. The lowest BCUT2D eigenvalue weighted by molar-refractivity contribution is -0.149. The molecule has 0 unspecified atom stereocenters. The summed E-state index contributed by atoms with van der Waals surface area (Å²) in [5.74, 6) is 0.300. The summed E-state index contributed by atoms with van der Waals surface area (Å²) in [5, 5.41) is 0. The van der Waals surface area contributed by atoms with E-state index in [1.807, 2.05) is 13.0 Å². The minimum Gasteiger partial charge on any atom is -0.487 e. The first-order chi connectivity index (χ1) is 13.1. The summed E-state index contributed by atoms with van der Waals surface area (Å²) in [6, 6.07) is 7.15. The van der Waals surface area contributed by atoms with Gasteiger partial charge >= 0.3 is 5.97 Å². The van der Waals surface area contributed by atoms with Gasteiger partial charge in [0.2, 0.25) is 0 Å². The average Bonchev–Trinajstić information content (AvgIpc) is 3.11. The normalized spacial score (nSPS) is 14.8. The molecule has 0 radical (unpaired) electrons. The second-order valence-electron chi connectivity index (χ2n) is 6.43. The minimum atomic E-state index is -0.160. The Morgan fingerprint density at radius 2 is 2.04 bits per heavy atom. The van der Waals surface area contributed by atoms with Crippen LogP contribution in [0.15, 0.2) is 24.3 Å². The summed E-state index contributed by atoms with van der Waals surface area (Å²) in [7, 11) is 0. The third-order valence-corrected chi connectivity index (χ3v) is 5.26. The standard InChI is InChI=1S/C19H23N3O4S/c1-3-25-19(24)14-7-9-22(10-8-14)18(23)15-5-4-6-16(11-15)26-12-17-13(2)20-27-21-17/h4-6,11,14H,3,7-10,12H2,1-2H3. The van der Waals surface area contributed by atoms with Crippen molar-refractivity contribution in [2.45, 2.75) is 33.3 Å². The average molecular weight is 389 g/mol. The Morgan fingerprint density at radius 1 is 1.26 bits per heavy atom. The van der Waals surface area contributed by atoms with Crippen LogP contribution < -0.4 is 4.74 Å². The lowest BCUT2D eigenvalue weighted by Gasteiger charge is -2.31. The molecule has 1 aromatic heterocycles. The highest BCUT2D eigenvalue weighted by Crippen LogP contribution is 2.22. The number of likely N-dealkylation sites (tertiary alicyclic amines) is 1. The lowest BCUT2D eigenvalue weighted by atomic mass is 9.96. The zero-order valence-electron chi connectivity index (χ0n) is 15.5. The van der Waals surface area contributed by atoms with Gasteiger partial charge in [-0.2, -0.15) is 8.75 Å². The first-order valence-electron chi connectivity index (χ1n) is 9.05. The highest BCUT2D eigenvalue weighted by Gasteiger charge is 2.28. The van der Waals surface area contributed by atoms with Gasteiger partial charge in [0.1, 0.15) is 18.1 Å². The quantitative estimate of drug-likeness (QED) is 0.707. The van der Waals surface area contributed by atoms with Crippen molar-refractivity contribution in [1.82, 2.24) is 13.6 Å². The number of hydrogen-bond acceptors (Lipinski definition) is 7. The zero-order valence-corrected chi connectivity index (χ0v) is 16.3. The molecule has 1 saturated heterocycles. The van der Waals surface area contributed by atoms with E-state index in [1.165, 1.54) is 0 Å². The van der Waals surface area contributed by atoms with Crippen molar-refractivity contribution in [3.63, 3.8) is 0 Å². The maximum atomic E-state index is 12.8. The van der Waals surface area contributed by atoms with E-state index >= 15 is 0 Å². The molecular formula is C19H23N3O4S. The van der Waals surface area contributed by atoms with Crippen molar-refractivity contribution >= 4 is 23.6 Å². The minimum absolute atomic E-state index is 0.0470. The molecule has 0 N–H and O–H groups in total. The highest BCUT2D eigenvalue weighted by atomic mass is 32.1. The van der Waals surface area contributed by atoms with Crippen molar-refractivity contribution in [1.29, 1.82) is 0 Å². The van der Waals surface area contributed by atoms with Crippen LogP contribution in [0.1, 0.15) is 41.5 Å². The van der Waals surface area contributed by atoms with Crippen molar-refractivity contribution in [3.8, 4) is 5.75 Å². The van der Waals surface area contributed by atoms with Crippen LogP contribution in [0.3, 0.4) is 0 Å². The van der Waals surface area contributed by atoms with E-state index < -0.39 is 0 Å². The molecule has 0 saturated carbocycles. The first kappa shape index (κ1) is 19.3. The van der Waals surface area contributed by atoms with Crippen LogP contribution >= 0.6 is 11.7 Å². The van der Waals surface area contributed by atoms with Gasteiger partial charge in [-0.1, -0.05) is 6.07 Å². The molecular weight excluding hydrogens is 366 g/mol. The molecule has 1 aromatic carbocycles. The SMILES string of the molecule is CCOC(=O)C1CCN(C(=O)c2cccc(OCc3nsnc3C)c2)CC1. The van der Waals surface area contributed by atoms with E-state index in [0.29, 0.717) is 50.5 Å².